The van der Waals surface area contributed by atoms with Gasteiger partial charge in [0.15, 0.2) is 0 Å². The van der Waals surface area contributed by atoms with Gasteiger partial charge in [0.25, 0.3) is 0 Å². The van der Waals surface area contributed by atoms with Crippen LogP contribution in [0, 0.1) is 17.2 Å². The molecule has 1 aliphatic heterocycles. The summed E-state index contributed by atoms with van der Waals surface area (Å²) in [4.78, 5) is 8.90. The van der Waals surface area contributed by atoms with E-state index >= 15 is 0 Å². The fraction of sp³-hybridized carbons (Fsp3) is 0.750. The highest BCUT2D eigenvalue weighted by Crippen LogP contribution is 2.13. The van der Waals surface area contributed by atoms with Crippen molar-refractivity contribution in [3.8, 4) is 6.07 Å². The predicted octanol–water partition coefficient (Wildman–Crippen LogP) is 1.14. The van der Waals surface area contributed by atoms with Crippen LogP contribution in [-0.4, -0.2) is 30.3 Å². The molecule has 0 saturated carbocycles. The summed E-state index contributed by atoms with van der Waals surface area (Å²) in [5, 5.41) is 18.7. The minimum absolute atomic E-state index is 0.281. The van der Waals surface area contributed by atoms with E-state index in [1.807, 2.05) is 0 Å². The number of halogens is 3. The van der Waals surface area contributed by atoms with Crippen LogP contribution in [0.2, 0.25) is 0 Å². The molecule has 1 rings (SSSR count). The Hall–Kier alpha value is -1.29. The molecule has 2 N–H and O–H groups in total. The number of alkyl halides is 3. The molecule has 1 saturated heterocycles. The number of piperidine rings is 1. The van der Waals surface area contributed by atoms with E-state index in [0.29, 0.717) is 0 Å². The molecule has 0 aromatic carbocycles. The zero-order chi connectivity index (χ0) is 11.9. The van der Waals surface area contributed by atoms with Crippen molar-refractivity contribution in [1.82, 2.24) is 5.32 Å². The van der Waals surface area contributed by atoms with Gasteiger partial charge in [0, 0.05) is 6.54 Å². The second kappa shape index (κ2) is 6.24. The number of carboxylic acids is 1. The van der Waals surface area contributed by atoms with Crippen molar-refractivity contribution in [2.24, 2.45) is 5.92 Å². The molecule has 4 nitrogen and oxygen atoms in total. The first-order valence-corrected chi connectivity index (χ1v) is 4.28. The van der Waals surface area contributed by atoms with E-state index < -0.39 is 12.1 Å². The van der Waals surface area contributed by atoms with Gasteiger partial charge in [0.1, 0.15) is 0 Å². The predicted molar refractivity (Wildman–Crippen MR) is 44.9 cm³/mol. The maximum atomic E-state index is 10.6. The largest absolute Gasteiger partial charge is 0.490 e. The number of hydrogen-bond acceptors (Lipinski definition) is 3. The van der Waals surface area contributed by atoms with Crippen molar-refractivity contribution < 1.29 is 23.1 Å². The molecule has 1 heterocycles. The first kappa shape index (κ1) is 13.7. The lowest BCUT2D eigenvalue weighted by Gasteiger charge is -2.15. The zero-order valence-electron chi connectivity index (χ0n) is 7.84. The third kappa shape index (κ3) is 6.74. The van der Waals surface area contributed by atoms with Crippen LogP contribution in [0.15, 0.2) is 0 Å². The van der Waals surface area contributed by atoms with Gasteiger partial charge in [0.2, 0.25) is 0 Å². The second-order valence-corrected chi connectivity index (χ2v) is 2.98. The summed E-state index contributed by atoms with van der Waals surface area (Å²) < 4.78 is 31.7. The Labute approximate surface area is 84.7 Å². The molecule has 0 radical (unpaired) electrons. The fourth-order valence-electron chi connectivity index (χ4n) is 0.962. The van der Waals surface area contributed by atoms with Gasteiger partial charge in [-0.3, -0.25) is 0 Å². The Morgan fingerprint density at radius 2 is 2.07 bits per heavy atom. The second-order valence-electron chi connectivity index (χ2n) is 2.98. The maximum absolute atomic E-state index is 10.6. The molecule has 0 aromatic rings. The Kier molecular flexibility index (Phi) is 5.70. The number of nitriles is 1. The Bertz CT molecular complexity index is 241. The van der Waals surface area contributed by atoms with Crippen molar-refractivity contribution in [2.45, 2.75) is 19.0 Å². The smallest absolute Gasteiger partial charge is 0.475 e. The van der Waals surface area contributed by atoms with Gasteiger partial charge in [-0.2, -0.15) is 18.4 Å². The monoisotopic (exact) mass is 224 g/mol. The van der Waals surface area contributed by atoms with E-state index in [9.17, 15) is 13.2 Å². The molecular weight excluding hydrogens is 213 g/mol. The first-order valence-electron chi connectivity index (χ1n) is 4.28. The lowest BCUT2D eigenvalue weighted by atomic mass is 10.0. The molecule has 7 heteroatoms. The average Bonchev–Trinajstić information content (AvgIpc) is 2.18. The van der Waals surface area contributed by atoms with E-state index in [1.54, 1.807) is 0 Å². The minimum atomic E-state index is -5.08. The fourth-order valence-corrected chi connectivity index (χ4v) is 0.962. The van der Waals surface area contributed by atoms with Crippen LogP contribution >= 0.6 is 0 Å². The van der Waals surface area contributed by atoms with E-state index in [-0.39, 0.29) is 5.92 Å². The van der Waals surface area contributed by atoms with Gasteiger partial charge in [-0.15, -0.1) is 0 Å². The summed E-state index contributed by atoms with van der Waals surface area (Å²) in [6, 6.07) is 2.24. The van der Waals surface area contributed by atoms with Gasteiger partial charge in [-0.1, -0.05) is 0 Å². The number of nitrogens with one attached hydrogen (secondary N) is 1. The number of aliphatic carboxylic acids is 1. The molecule has 1 fully saturated rings. The number of nitrogens with zero attached hydrogens (tertiary/aromatic N) is 1. The summed E-state index contributed by atoms with van der Waals surface area (Å²) in [7, 11) is 0. The molecule has 0 amide bonds. The van der Waals surface area contributed by atoms with Crippen LogP contribution in [-0.2, 0) is 4.79 Å². The molecule has 86 valence electrons. The van der Waals surface area contributed by atoms with E-state index in [2.05, 4.69) is 11.4 Å². The lowest BCUT2D eigenvalue weighted by molar-refractivity contribution is -0.192. The highest BCUT2D eigenvalue weighted by Gasteiger charge is 2.38. The van der Waals surface area contributed by atoms with Gasteiger partial charge in [-0.25, -0.2) is 4.79 Å². The van der Waals surface area contributed by atoms with Crippen LogP contribution in [0.1, 0.15) is 12.8 Å². The highest BCUT2D eigenvalue weighted by atomic mass is 19.4. The van der Waals surface area contributed by atoms with Crippen molar-refractivity contribution >= 4 is 5.97 Å². The number of hydrogen-bond donors (Lipinski definition) is 2. The maximum Gasteiger partial charge on any atom is 0.490 e. The van der Waals surface area contributed by atoms with E-state index in [0.717, 1.165) is 25.9 Å². The highest BCUT2D eigenvalue weighted by molar-refractivity contribution is 5.73. The Morgan fingerprint density at radius 3 is 2.27 bits per heavy atom. The average molecular weight is 224 g/mol. The van der Waals surface area contributed by atoms with Gasteiger partial charge in [0.05, 0.1) is 12.0 Å². The number of carbonyl (C=O) groups is 1. The van der Waals surface area contributed by atoms with Gasteiger partial charge in [-0.05, 0) is 19.4 Å². The van der Waals surface area contributed by atoms with Crippen LogP contribution < -0.4 is 5.32 Å². The van der Waals surface area contributed by atoms with Gasteiger partial charge < -0.3 is 10.4 Å². The number of rotatable bonds is 0. The van der Waals surface area contributed by atoms with Gasteiger partial charge >= 0.3 is 12.1 Å². The molecular formula is C8H11F3N2O2. The standard InChI is InChI=1S/C6H10N2.C2HF3O2/c7-4-6-2-1-3-8-5-6;3-2(4,5)1(6)7/h6,8H,1-3,5H2;(H,6,7). The minimum Gasteiger partial charge on any atom is -0.475 e. The third-order valence-electron chi connectivity index (χ3n) is 1.72. The molecule has 0 bridgehead atoms. The molecule has 0 spiro atoms. The zero-order valence-corrected chi connectivity index (χ0v) is 7.84. The van der Waals surface area contributed by atoms with E-state index in [1.165, 1.54) is 0 Å². The number of carboxylic acid groups (broad SMARTS) is 1. The Morgan fingerprint density at radius 1 is 1.53 bits per heavy atom. The van der Waals surface area contributed by atoms with Crippen LogP contribution in [0.5, 0.6) is 0 Å². The van der Waals surface area contributed by atoms with Crippen molar-refractivity contribution in [3.63, 3.8) is 0 Å². The third-order valence-corrected chi connectivity index (χ3v) is 1.72. The SMILES string of the molecule is N#CC1CCCNC1.O=C(O)C(F)(F)F. The van der Waals surface area contributed by atoms with Crippen molar-refractivity contribution in [3.05, 3.63) is 0 Å². The summed E-state index contributed by atoms with van der Waals surface area (Å²) in [6.45, 7) is 1.99. The normalized spacial score (nSPS) is 20.8. The van der Waals surface area contributed by atoms with Crippen LogP contribution in [0.4, 0.5) is 13.2 Å². The quantitative estimate of drug-likeness (QED) is 0.647. The first-order chi connectivity index (χ1) is 6.88. The molecule has 0 aliphatic carbocycles. The molecule has 0 aromatic heterocycles. The molecule has 15 heavy (non-hydrogen) atoms. The summed E-state index contributed by atoms with van der Waals surface area (Å²) in [5.74, 6) is -2.48. The lowest BCUT2D eigenvalue weighted by Crippen LogP contribution is -2.28. The van der Waals surface area contributed by atoms with Crippen LogP contribution in [0.25, 0.3) is 0 Å². The summed E-state index contributed by atoms with van der Waals surface area (Å²) in [5.41, 5.74) is 0. The summed E-state index contributed by atoms with van der Waals surface area (Å²) in [6.07, 6.45) is -2.83. The summed E-state index contributed by atoms with van der Waals surface area (Å²) >= 11 is 0. The van der Waals surface area contributed by atoms with Crippen molar-refractivity contribution in [1.29, 1.82) is 5.26 Å². The van der Waals surface area contributed by atoms with Crippen LogP contribution in [0.3, 0.4) is 0 Å². The molecule has 1 unspecified atom stereocenters. The molecule has 1 atom stereocenters. The molecule has 1 aliphatic rings. The topological polar surface area (TPSA) is 73.1 Å². The van der Waals surface area contributed by atoms with E-state index in [4.69, 9.17) is 15.2 Å². The Balaban J connectivity index is 0.000000265. The van der Waals surface area contributed by atoms with Crippen molar-refractivity contribution in [2.75, 3.05) is 13.1 Å².